The second kappa shape index (κ2) is 5.39. The average Bonchev–Trinajstić information content (AvgIpc) is 2.85. The van der Waals surface area contributed by atoms with Crippen LogP contribution in [0.4, 0.5) is 0 Å². The number of ketones is 1. The van der Waals surface area contributed by atoms with Gasteiger partial charge in [-0.2, -0.15) is 5.10 Å². The second-order valence-corrected chi connectivity index (χ2v) is 3.82. The number of carbonyl (C=O) groups is 1. The molecule has 4 heteroatoms. The van der Waals surface area contributed by atoms with Crippen molar-refractivity contribution in [1.82, 2.24) is 14.8 Å². The SMILES string of the molecule is CCn1nccc1C(=O)CCc1cccnc1. The monoisotopic (exact) mass is 229 g/mol. The van der Waals surface area contributed by atoms with Crippen molar-refractivity contribution >= 4 is 5.78 Å². The van der Waals surface area contributed by atoms with Crippen LogP contribution in [-0.4, -0.2) is 20.5 Å². The molecule has 0 aromatic carbocycles. The lowest BCUT2D eigenvalue weighted by Gasteiger charge is -2.03. The Bertz CT molecular complexity index is 490. The van der Waals surface area contributed by atoms with Gasteiger partial charge in [0.15, 0.2) is 5.78 Å². The molecule has 0 aliphatic carbocycles. The Balaban J connectivity index is 1.98. The maximum Gasteiger partial charge on any atom is 0.181 e. The smallest absolute Gasteiger partial charge is 0.181 e. The van der Waals surface area contributed by atoms with Crippen LogP contribution >= 0.6 is 0 Å². The Labute approximate surface area is 100 Å². The topological polar surface area (TPSA) is 47.8 Å². The molecular formula is C13H15N3O. The van der Waals surface area contributed by atoms with Crippen molar-refractivity contribution in [3.05, 3.63) is 48.0 Å². The van der Waals surface area contributed by atoms with Crippen molar-refractivity contribution < 1.29 is 4.79 Å². The van der Waals surface area contributed by atoms with Crippen LogP contribution in [0.15, 0.2) is 36.8 Å². The van der Waals surface area contributed by atoms with Gasteiger partial charge < -0.3 is 0 Å². The number of hydrogen-bond donors (Lipinski definition) is 0. The summed E-state index contributed by atoms with van der Waals surface area (Å²) in [5, 5.41) is 4.09. The quantitative estimate of drug-likeness (QED) is 0.738. The Hall–Kier alpha value is -1.97. The second-order valence-electron chi connectivity index (χ2n) is 3.82. The van der Waals surface area contributed by atoms with E-state index in [1.165, 1.54) is 0 Å². The zero-order valence-corrected chi connectivity index (χ0v) is 9.84. The molecule has 4 nitrogen and oxygen atoms in total. The molecule has 0 saturated carbocycles. The van der Waals surface area contributed by atoms with Crippen molar-refractivity contribution in [2.75, 3.05) is 0 Å². The molecule has 0 radical (unpaired) electrons. The highest BCUT2D eigenvalue weighted by atomic mass is 16.1. The minimum absolute atomic E-state index is 0.133. The third kappa shape index (κ3) is 2.78. The summed E-state index contributed by atoms with van der Waals surface area (Å²) in [7, 11) is 0. The minimum atomic E-state index is 0.133. The highest BCUT2D eigenvalue weighted by Crippen LogP contribution is 2.07. The Morgan fingerprint density at radius 3 is 2.94 bits per heavy atom. The zero-order valence-electron chi connectivity index (χ0n) is 9.84. The average molecular weight is 229 g/mol. The molecule has 0 aliphatic rings. The van der Waals surface area contributed by atoms with Gasteiger partial charge in [0.1, 0.15) is 5.69 Å². The van der Waals surface area contributed by atoms with Gasteiger partial charge in [-0.05, 0) is 31.0 Å². The van der Waals surface area contributed by atoms with E-state index in [0.29, 0.717) is 12.1 Å². The Morgan fingerprint density at radius 1 is 1.35 bits per heavy atom. The molecule has 0 bridgehead atoms. The molecule has 0 atom stereocenters. The van der Waals surface area contributed by atoms with Crippen LogP contribution in [0.1, 0.15) is 29.4 Å². The number of aryl methyl sites for hydroxylation is 2. The molecule has 0 fully saturated rings. The van der Waals surface area contributed by atoms with Gasteiger partial charge in [-0.25, -0.2) is 0 Å². The molecule has 17 heavy (non-hydrogen) atoms. The van der Waals surface area contributed by atoms with Gasteiger partial charge in [0.25, 0.3) is 0 Å². The molecule has 0 unspecified atom stereocenters. The maximum absolute atomic E-state index is 12.0. The molecule has 2 rings (SSSR count). The number of hydrogen-bond acceptors (Lipinski definition) is 3. The van der Waals surface area contributed by atoms with E-state index in [4.69, 9.17) is 0 Å². The van der Waals surface area contributed by atoms with Crippen LogP contribution < -0.4 is 0 Å². The lowest BCUT2D eigenvalue weighted by molar-refractivity contribution is 0.0972. The fourth-order valence-corrected chi connectivity index (χ4v) is 1.75. The standard InChI is InChI=1S/C13H15N3O/c1-2-16-12(7-9-15-16)13(17)6-5-11-4-3-8-14-10-11/h3-4,7-10H,2,5-6H2,1H3. The van der Waals surface area contributed by atoms with Gasteiger partial charge in [-0.15, -0.1) is 0 Å². The first-order valence-electron chi connectivity index (χ1n) is 5.75. The number of nitrogens with zero attached hydrogens (tertiary/aromatic N) is 3. The molecule has 2 heterocycles. The molecule has 0 saturated heterocycles. The fraction of sp³-hybridized carbons (Fsp3) is 0.308. The molecule has 2 aromatic rings. The third-order valence-electron chi connectivity index (χ3n) is 2.67. The summed E-state index contributed by atoms with van der Waals surface area (Å²) in [5.74, 6) is 0.133. The zero-order chi connectivity index (χ0) is 12.1. The fourth-order valence-electron chi connectivity index (χ4n) is 1.75. The lowest BCUT2D eigenvalue weighted by atomic mass is 10.1. The molecule has 0 amide bonds. The van der Waals surface area contributed by atoms with Gasteiger partial charge >= 0.3 is 0 Å². The highest BCUT2D eigenvalue weighted by molar-refractivity contribution is 5.94. The van der Waals surface area contributed by atoms with Gasteiger partial charge in [0.05, 0.1) is 0 Å². The maximum atomic E-state index is 12.0. The number of pyridine rings is 1. The predicted molar refractivity (Wildman–Crippen MR) is 64.8 cm³/mol. The third-order valence-corrected chi connectivity index (χ3v) is 2.67. The van der Waals surface area contributed by atoms with Crippen LogP contribution in [0.25, 0.3) is 0 Å². The van der Waals surface area contributed by atoms with Gasteiger partial charge in [0.2, 0.25) is 0 Å². The van der Waals surface area contributed by atoms with Crippen LogP contribution in [0.3, 0.4) is 0 Å². The first-order valence-corrected chi connectivity index (χ1v) is 5.75. The van der Waals surface area contributed by atoms with E-state index in [2.05, 4.69) is 10.1 Å². The number of aromatic nitrogens is 3. The van der Waals surface area contributed by atoms with Crippen LogP contribution in [0.2, 0.25) is 0 Å². The predicted octanol–water partition coefficient (Wildman–Crippen LogP) is 2.11. The molecule has 2 aromatic heterocycles. The summed E-state index contributed by atoms with van der Waals surface area (Å²) < 4.78 is 1.73. The van der Waals surface area contributed by atoms with E-state index in [0.717, 1.165) is 18.5 Å². The molecular weight excluding hydrogens is 214 g/mol. The molecule has 88 valence electrons. The van der Waals surface area contributed by atoms with E-state index >= 15 is 0 Å². The summed E-state index contributed by atoms with van der Waals surface area (Å²) >= 11 is 0. The van der Waals surface area contributed by atoms with Crippen molar-refractivity contribution in [3.8, 4) is 0 Å². The van der Waals surface area contributed by atoms with Crippen LogP contribution in [0, 0.1) is 0 Å². The van der Waals surface area contributed by atoms with E-state index in [1.54, 1.807) is 29.3 Å². The van der Waals surface area contributed by atoms with Crippen molar-refractivity contribution in [2.45, 2.75) is 26.3 Å². The number of rotatable bonds is 5. The molecule has 0 N–H and O–H groups in total. The van der Waals surface area contributed by atoms with Crippen molar-refractivity contribution in [3.63, 3.8) is 0 Å². The molecule has 0 spiro atoms. The normalized spacial score (nSPS) is 10.4. The van der Waals surface area contributed by atoms with E-state index < -0.39 is 0 Å². The number of carbonyl (C=O) groups excluding carboxylic acids is 1. The lowest BCUT2D eigenvalue weighted by Crippen LogP contribution is -2.10. The Kier molecular flexibility index (Phi) is 3.65. The number of Topliss-reactive ketones (excluding diaryl/α,β-unsaturated/α-hetero) is 1. The summed E-state index contributed by atoms with van der Waals surface area (Å²) in [6.07, 6.45) is 6.42. The Morgan fingerprint density at radius 2 is 2.24 bits per heavy atom. The van der Waals surface area contributed by atoms with Crippen molar-refractivity contribution in [1.29, 1.82) is 0 Å². The van der Waals surface area contributed by atoms with E-state index in [1.807, 2.05) is 19.1 Å². The van der Waals surface area contributed by atoms with Gasteiger partial charge in [0, 0.05) is 31.6 Å². The van der Waals surface area contributed by atoms with Crippen LogP contribution in [-0.2, 0) is 13.0 Å². The van der Waals surface area contributed by atoms with Gasteiger partial charge in [-0.3, -0.25) is 14.5 Å². The summed E-state index contributed by atoms with van der Waals surface area (Å²) in [5.41, 5.74) is 1.78. The first-order chi connectivity index (χ1) is 8.31. The van der Waals surface area contributed by atoms with Crippen LogP contribution in [0.5, 0.6) is 0 Å². The largest absolute Gasteiger partial charge is 0.292 e. The summed E-state index contributed by atoms with van der Waals surface area (Å²) in [6, 6.07) is 5.64. The summed E-state index contributed by atoms with van der Waals surface area (Å²) in [4.78, 5) is 16.0. The van der Waals surface area contributed by atoms with Gasteiger partial charge in [-0.1, -0.05) is 6.07 Å². The molecule has 0 aliphatic heterocycles. The highest BCUT2D eigenvalue weighted by Gasteiger charge is 2.10. The first kappa shape index (κ1) is 11.5. The minimum Gasteiger partial charge on any atom is -0.292 e. The van der Waals surface area contributed by atoms with Crippen molar-refractivity contribution in [2.24, 2.45) is 0 Å². The van der Waals surface area contributed by atoms with E-state index in [9.17, 15) is 4.79 Å². The van der Waals surface area contributed by atoms with E-state index in [-0.39, 0.29) is 5.78 Å². The summed E-state index contributed by atoms with van der Waals surface area (Å²) in [6.45, 7) is 2.70.